The monoisotopic (exact) mass is 495 g/mol. The molecule has 3 aromatic rings. The number of benzene rings is 2. The average molecular weight is 496 g/mol. The van der Waals surface area contributed by atoms with Gasteiger partial charge in [0, 0.05) is 28.0 Å². The first-order chi connectivity index (χ1) is 14.4. The highest BCUT2D eigenvalue weighted by Crippen LogP contribution is 2.31. The molecule has 30 heavy (non-hydrogen) atoms. The Kier molecular flexibility index (Phi) is 7.58. The largest absolute Gasteiger partial charge is 0.493 e. The summed E-state index contributed by atoms with van der Waals surface area (Å²) >= 11 is 4.58. The van der Waals surface area contributed by atoms with Crippen LogP contribution in [0.2, 0.25) is 0 Å². The third-order valence-electron chi connectivity index (χ3n) is 3.77. The third kappa shape index (κ3) is 6.14. The van der Waals surface area contributed by atoms with Crippen LogP contribution >= 0.6 is 27.7 Å². The lowest BCUT2D eigenvalue weighted by Crippen LogP contribution is -2.14. The molecule has 3 rings (SSSR count). The molecule has 1 aromatic heterocycles. The van der Waals surface area contributed by atoms with Crippen molar-refractivity contribution in [3.05, 3.63) is 59.2 Å². The molecule has 2 aromatic carbocycles. The number of carbonyl (C=O) groups is 1. The Morgan fingerprint density at radius 1 is 1.17 bits per heavy atom. The quantitative estimate of drug-likeness (QED) is 0.340. The molecule has 0 aliphatic rings. The number of hydrogen-bond acceptors (Lipinski definition) is 6. The molecule has 0 atom stereocenters. The van der Waals surface area contributed by atoms with Gasteiger partial charge in [0.05, 0.1) is 18.6 Å². The predicted molar refractivity (Wildman–Crippen MR) is 114 cm³/mol. The van der Waals surface area contributed by atoms with Gasteiger partial charge in [-0.05, 0) is 30.3 Å². The van der Waals surface area contributed by atoms with Crippen molar-refractivity contribution in [2.75, 3.05) is 18.2 Å². The van der Waals surface area contributed by atoms with Gasteiger partial charge in [0.2, 0.25) is 5.91 Å². The van der Waals surface area contributed by atoms with Crippen molar-refractivity contribution < 1.29 is 23.0 Å². The molecular formula is C20H16BrF2N3O3S. The molecule has 0 radical (unpaired) electrons. The van der Waals surface area contributed by atoms with Crippen LogP contribution in [0.3, 0.4) is 0 Å². The van der Waals surface area contributed by atoms with E-state index >= 15 is 0 Å². The van der Waals surface area contributed by atoms with E-state index in [1.807, 2.05) is 24.3 Å². The minimum Gasteiger partial charge on any atom is -0.493 e. The number of anilines is 1. The molecule has 156 valence electrons. The lowest BCUT2D eigenvalue weighted by atomic mass is 10.1. The summed E-state index contributed by atoms with van der Waals surface area (Å²) < 4.78 is 35.2. The zero-order valence-corrected chi connectivity index (χ0v) is 18.0. The second kappa shape index (κ2) is 10.4. The number of hydrogen-bond donors (Lipinski definition) is 1. The lowest BCUT2D eigenvalue weighted by Gasteiger charge is -2.12. The standard InChI is InChI=1S/C20H16BrF2N3O3S/c1-28-17-10-14(6-7-16(17)29-19(22)23)25-18(27)11-30-20-24-9-8-15(26-20)12-2-4-13(21)5-3-12/h2-10,19H,11H2,1H3,(H,25,27). The van der Waals surface area contributed by atoms with Gasteiger partial charge in [-0.15, -0.1) is 0 Å². The first-order valence-electron chi connectivity index (χ1n) is 8.59. The highest BCUT2D eigenvalue weighted by molar-refractivity contribution is 9.10. The number of halogens is 3. The number of amides is 1. The number of alkyl halides is 2. The van der Waals surface area contributed by atoms with Gasteiger partial charge in [0.25, 0.3) is 0 Å². The van der Waals surface area contributed by atoms with Gasteiger partial charge in [-0.1, -0.05) is 39.8 Å². The van der Waals surface area contributed by atoms with Gasteiger partial charge in [0.15, 0.2) is 16.7 Å². The van der Waals surface area contributed by atoms with E-state index in [1.165, 1.54) is 37.1 Å². The molecular weight excluding hydrogens is 480 g/mol. The minimum absolute atomic E-state index is 0.0708. The van der Waals surface area contributed by atoms with Crippen molar-refractivity contribution in [2.24, 2.45) is 0 Å². The van der Waals surface area contributed by atoms with Crippen molar-refractivity contribution in [1.82, 2.24) is 9.97 Å². The van der Waals surface area contributed by atoms with E-state index in [0.717, 1.165) is 15.7 Å². The topological polar surface area (TPSA) is 73.3 Å². The van der Waals surface area contributed by atoms with E-state index in [0.29, 0.717) is 10.8 Å². The fraction of sp³-hybridized carbons (Fsp3) is 0.150. The van der Waals surface area contributed by atoms with Crippen molar-refractivity contribution in [2.45, 2.75) is 11.8 Å². The molecule has 1 N–H and O–H groups in total. The van der Waals surface area contributed by atoms with Crippen LogP contribution < -0.4 is 14.8 Å². The van der Waals surface area contributed by atoms with Crippen molar-refractivity contribution >= 4 is 39.3 Å². The van der Waals surface area contributed by atoms with Crippen LogP contribution in [0.4, 0.5) is 14.5 Å². The zero-order chi connectivity index (χ0) is 21.5. The summed E-state index contributed by atoms with van der Waals surface area (Å²) in [5.74, 6) is -0.256. The number of ether oxygens (including phenoxy) is 2. The number of rotatable bonds is 8. The molecule has 0 spiro atoms. The van der Waals surface area contributed by atoms with Gasteiger partial charge in [0.1, 0.15) is 0 Å². The summed E-state index contributed by atoms with van der Waals surface area (Å²) in [5, 5.41) is 3.14. The van der Waals surface area contributed by atoms with Crippen molar-refractivity contribution in [3.63, 3.8) is 0 Å². The van der Waals surface area contributed by atoms with E-state index in [4.69, 9.17) is 4.74 Å². The van der Waals surface area contributed by atoms with E-state index in [2.05, 4.69) is 36.0 Å². The smallest absolute Gasteiger partial charge is 0.387 e. The highest BCUT2D eigenvalue weighted by atomic mass is 79.9. The highest BCUT2D eigenvalue weighted by Gasteiger charge is 2.13. The van der Waals surface area contributed by atoms with Gasteiger partial charge in [-0.3, -0.25) is 4.79 Å². The molecule has 0 fully saturated rings. The summed E-state index contributed by atoms with van der Waals surface area (Å²) in [6.45, 7) is -2.97. The number of nitrogens with zero attached hydrogens (tertiary/aromatic N) is 2. The summed E-state index contributed by atoms with van der Waals surface area (Å²) in [7, 11) is 1.32. The normalized spacial score (nSPS) is 10.7. The van der Waals surface area contributed by atoms with Crippen LogP contribution in [-0.4, -0.2) is 35.3 Å². The van der Waals surface area contributed by atoms with Gasteiger partial charge >= 0.3 is 6.61 Å². The van der Waals surface area contributed by atoms with Gasteiger partial charge in [-0.2, -0.15) is 8.78 Å². The summed E-state index contributed by atoms with van der Waals surface area (Å²) in [4.78, 5) is 20.9. The first kappa shape index (κ1) is 22.0. The Hall–Kier alpha value is -2.72. The number of carbonyl (C=O) groups excluding carboxylic acids is 1. The maximum absolute atomic E-state index is 12.4. The first-order valence-corrected chi connectivity index (χ1v) is 10.4. The summed E-state index contributed by atoms with van der Waals surface area (Å²) in [6, 6.07) is 13.7. The number of nitrogens with one attached hydrogen (secondary N) is 1. The average Bonchev–Trinajstić information content (AvgIpc) is 2.74. The maximum atomic E-state index is 12.4. The second-order valence-corrected chi connectivity index (χ2v) is 7.67. The van der Waals surface area contributed by atoms with E-state index in [9.17, 15) is 13.6 Å². The Morgan fingerprint density at radius 3 is 2.63 bits per heavy atom. The van der Waals surface area contributed by atoms with Crippen LogP contribution in [0, 0.1) is 0 Å². The number of methoxy groups -OCH3 is 1. The van der Waals surface area contributed by atoms with E-state index < -0.39 is 6.61 Å². The van der Waals surface area contributed by atoms with Crippen molar-refractivity contribution in [1.29, 1.82) is 0 Å². The second-order valence-electron chi connectivity index (χ2n) is 5.81. The number of aromatic nitrogens is 2. The molecule has 1 amide bonds. The predicted octanol–water partition coefficient (Wildman–Crippen LogP) is 5.25. The van der Waals surface area contributed by atoms with Crippen LogP contribution in [0.5, 0.6) is 11.5 Å². The Bertz CT molecular complexity index is 1020. The molecule has 0 bridgehead atoms. The Balaban J connectivity index is 1.61. The third-order valence-corrected chi connectivity index (χ3v) is 5.16. The van der Waals surface area contributed by atoms with Crippen LogP contribution in [0.1, 0.15) is 0 Å². The summed E-state index contributed by atoms with van der Waals surface area (Å²) in [5.41, 5.74) is 2.08. The lowest BCUT2D eigenvalue weighted by molar-refractivity contribution is -0.113. The van der Waals surface area contributed by atoms with E-state index in [1.54, 1.807) is 12.3 Å². The molecule has 0 unspecified atom stereocenters. The van der Waals surface area contributed by atoms with E-state index in [-0.39, 0.29) is 23.2 Å². The molecule has 1 heterocycles. The molecule has 0 aliphatic carbocycles. The fourth-order valence-corrected chi connectivity index (χ4v) is 3.35. The molecule has 0 saturated carbocycles. The van der Waals surface area contributed by atoms with Gasteiger partial charge in [-0.25, -0.2) is 9.97 Å². The van der Waals surface area contributed by atoms with Crippen LogP contribution in [0.25, 0.3) is 11.3 Å². The molecule has 10 heteroatoms. The zero-order valence-electron chi connectivity index (χ0n) is 15.6. The van der Waals surface area contributed by atoms with Crippen LogP contribution in [0.15, 0.2) is 64.4 Å². The fourth-order valence-electron chi connectivity index (χ4n) is 2.46. The Morgan fingerprint density at radius 2 is 1.93 bits per heavy atom. The van der Waals surface area contributed by atoms with Gasteiger partial charge < -0.3 is 14.8 Å². The van der Waals surface area contributed by atoms with Crippen LogP contribution in [-0.2, 0) is 4.79 Å². The van der Waals surface area contributed by atoms with Crippen molar-refractivity contribution in [3.8, 4) is 22.8 Å². The number of thioether (sulfide) groups is 1. The summed E-state index contributed by atoms with van der Waals surface area (Å²) in [6.07, 6.45) is 1.64. The Labute approximate surface area is 184 Å². The molecule has 6 nitrogen and oxygen atoms in total. The SMILES string of the molecule is COc1cc(NC(=O)CSc2nccc(-c3ccc(Br)cc3)n2)ccc1OC(F)F. The maximum Gasteiger partial charge on any atom is 0.387 e. The minimum atomic E-state index is -2.97. The molecule has 0 saturated heterocycles. The molecule has 0 aliphatic heterocycles.